The standard InChI is InChI=1S/C12H15N3O/c1-8-11(9(2)16)14-15(12(8)13)10-6-4-3-5-7-10/h3-7,9,16H,13H2,1-2H3. The van der Waals surface area contributed by atoms with Crippen LogP contribution in [-0.4, -0.2) is 14.9 Å². The summed E-state index contributed by atoms with van der Waals surface area (Å²) in [6.07, 6.45) is -0.604. The first-order chi connectivity index (χ1) is 7.61. The zero-order chi connectivity index (χ0) is 11.7. The molecule has 84 valence electrons. The van der Waals surface area contributed by atoms with E-state index in [2.05, 4.69) is 5.10 Å². The van der Waals surface area contributed by atoms with Crippen LogP contribution in [0.3, 0.4) is 0 Å². The largest absolute Gasteiger partial charge is 0.387 e. The fourth-order valence-corrected chi connectivity index (χ4v) is 1.69. The molecule has 1 aromatic heterocycles. The lowest BCUT2D eigenvalue weighted by Gasteiger charge is -2.02. The fourth-order valence-electron chi connectivity index (χ4n) is 1.69. The number of anilines is 1. The van der Waals surface area contributed by atoms with Gasteiger partial charge in [-0.1, -0.05) is 18.2 Å². The third kappa shape index (κ3) is 1.67. The van der Waals surface area contributed by atoms with Gasteiger partial charge in [0.15, 0.2) is 0 Å². The molecule has 1 heterocycles. The van der Waals surface area contributed by atoms with Gasteiger partial charge in [0.25, 0.3) is 0 Å². The summed E-state index contributed by atoms with van der Waals surface area (Å²) in [5, 5.41) is 13.9. The van der Waals surface area contributed by atoms with Gasteiger partial charge in [0.2, 0.25) is 0 Å². The molecule has 2 aromatic rings. The number of aliphatic hydroxyl groups is 1. The molecular weight excluding hydrogens is 202 g/mol. The summed E-state index contributed by atoms with van der Waals surface area (Å²) in [5.41, 5.74) is 8.32. The Kier molecular flexibility index (Phi) is 2.66. The Hall–Kier alpha value is -1.81. The van der Waals surface area contributed by atoms with E-state index >= 15 is 0 Å². The second-order valence-electron chi connectivity index (χ2n) is 3.82. The molecule has 0 radical (unpaired) electrons. The highest BCUT2D eigenvalue weighted by atomic mass is 16.3. The van der Waals surface area contributed by atoms with Crippen LogP contribution in [0.5, 0.6) is 0 Å². The van der Waals surface area contributed by atoms with E-state index in [1.807, 2.05) is 37.3 Å². The summed E-state index contributed by atoms with van der Waals surface area (Å²) in [7, 11) is 0. The number of benzene rings is 1. The van der Waals surface area contributed by atoms with Crippen LogP contribution < -0.4 is 5.73 Å². The van der Waals surface area contributed by atoms with E-state index in [9.17, 15) is 5.11 Å². The highest BCUT2D eigenvalue weighted by Gasteiger charge is 2.15. The minimum Gasteiger partial charge on any atom is -0.387 e. The average molecular weight is 217 g/mol. The summed E-state index contributed by atoms with van der Waals surface area (Å²) in [6.45, 7) is 3.55. The van der Waals surface area contributed by atoms with Crippen LogP contribution in [0.25, 0.3) is 5.69 Å². The van der Waals surface area contributed by atoms with Gasteiger partial charge in [-0.15, -0.1) is 0 Å². The molecule has 1 unspecified atom stereocenters. The molecule has 0 spiro atoms. The van der Waals surface area contributed by atoms with Crippen molar-refractivity contribution >= 4 is 5.82 Å². The van der Waals surface area contributed by atoms with Gasteiger partial charge in [0.1, 0.15) is 5.82 Å². The van der Waals surface area contributed by atoms with E-state index in [1.54, 1.807) is 11.6 Å². The Labute approximate surface area is 94.3 Å². The second kappa shape index (κ2) is 3.98. The lowest BCUT2D eigenvalue weighted by molar-refractivity contribution is 0.193. The molecule has 0 fully saturated rings. The third-order valence-electron chi connectivity index (χ3n) is 2.60. The predicted molar refractivity (Wildman–Crippen MR) is 63.3 cm³/mol. The maximum absolute atomic E-state index is 9.56. The minimum absolute atomic E-state index is 0.571. The maximum atomic E-state index is 9.56. The Balaban J connectivity index is 2.55. The van der Waals surface area contributed by atoms with Gasteiger partial charge >= 0.3 is 0 Å². The quantitative estimate of drug-likeness (QED) is 0.806. The van der Waals surface area contributed by atoms with Crippen molar-refractivity contribution in [3.8, 4) is 5.69 Å². The van der Waals surface area contributed by atoms with Crippen LogP contribution in [-0.2, 0) is 0 Å². The number of aliphatic hydroxyl groups excluding tert-OH is 1. The SMILES string of the molecule is Cc1c(C(C)O)nn(-c2ccccc2)c1N. The number of aromatic nitrogens is 2. The van der Waals surface area contributed by atoms with E-state index < -0.39 is 6.10 Å². The molecule has 1 atom stereocenters. The molecule has 0 aliphatic rings. The number of nitrogens with zero attached hydrogens (tertiary/aromatic N) is 2. The van der Waals surface area contributed by atoms with Gasteiger partial charge in [-0.05, 0) is 26.0 Å². The van der Waals surface area contributed by atoms with Crippen LogP contribution >= 0.6 is 0 Å². The molecule has 1 aromatic carbocycles. The zero-order valence-electron chi connectivity index (χ0n) is 9.38. The average Bonchev–Trinajstić information content (AvgIpc) is 2.58. The highest BCUT2D eigenvalue weighted by Crippen LogP contribution is 2.24. The van der Waals surface area contributed by atoms with Crippen molar-refractivity contribution in [2.75, 3.05) is 5.73 Å². The van der Waals surface area contributed by atoms with Crippen molar-refractivity contribution in [1.82, 2.24) is 9.78 Å². The van der Waals surface area contributed by atoms with Gasteiger partial charge in [0.05, 0.1) is 17.5 Å². The molecule has 2 rings (SSSR count). The number of hydrogen-bond acceptors (Lipinski definition) is 3. The molecular formula is C12H15N3O. The summed E-state index contributed by atoms with van der Waals surface area (Å²) in [5.74, 6) is 0.571. The van der Waals surface area contributed by atoms with E-state index in [-0.39, 0.29) is 0 Å². The van der Waals surface area contributed by atoms with Gasteiger partial charge in [-0.2, -0.15) is 5.10 Å². The Bertz CT molecular complexity index is 488. The summed E-state index contributed by atoms with van der Waals surface area (Å²) >= 11 is 0. The molecule has 3 N–H and O–H groups in total. The molecule has 0 amide bonds. The van der Waals surface area contributed by atoms with Gasteiger partial charge < -0.3 is 10.8 Å². The summed E-state index contributed by atoms with van der Waals surface area (Å²) in [4.78, 5) is 0. The Morgan fingerprint density at radius 2 is 1.94 bits per heavy atom. The molecule has 4 heteroatoms. The van der Waals surface area contributed by atoms with Crippen molar-refractivity contribution in [3.63, 3.8) is 0 Å². The molecule has 0 saturated heterocycles. The number of hydrogen-bond donors (Lipinski definition) is 2. The minimum atomic E-state index is -0.604. The predicted octanol–water partition coefficient (Wildman–Crippen LogP) is 1.82. The van der Waals surface area contributed by atoms with E-state index in [1.165, 1.54) is 0 Å². The first-order valence-corrected chi connectivity index (χ1v) is 5.19. The maximum Gasteiger partial charge on any atom is 0.130 e. The molecule has 16 heavy (non-hydrogen) atoms. The first kappa shape index (κ1) is 10.7. The molecule has 0 saturated carbocycles. The topological polar surface area (TPSA) is 64.1 Å². The van der Waals surface area contributed by atoms with Crippen molar-refractivity contribution < 1.29 is 5.11 Å². The van der Waals surface area contributed by atoms with Gasteiger partial charge in [0, 0.05) is 5.56 Å². The number of nitrogen functional groups attached to an aromatic ring is 1. The van der Waals surface area contributed by atoms with Crippen molar-refractivity contribution in [3.05, 3.63) is 41.6 Å². The smallest absolute Gasteiger partial charge is 0.130 e. The van der Waals surface area contributed by atoms with Crippen LogP contribution in [0.1, 0.15) is 24.3 Å². The Morgan fingerprint density at radius 1 is 1.31 bits per heavy atom. The lowest BCUT2D eigenvalue weighted by Crippen LogP contribution is -2.02. The lowest BCUT2D eigenvalue weighted by atomic mass is 10.2. The highest BCUT2D eigenvalue weighted by molar-refractivity contribution is 5.49. The summed E-state index contributed by atoms with van der Waals surface area (Å²) < 4.78 is 1.65. The van der Waals surface area contributed by atoms with Gasteiger partial charge in [-0.25, -0.2) is 4.68 Å². The van der Waals surface area contributed by atoms with Crippen LogP contribution in [0.4, 0.5) is 5.82 Å². The fraction of sp³-hybridized carbons (Fsp3) is 0.250. The van der Waals surface area contributed by atoms with E-state index in [0.717, 1.165) is 11.3 Å². The number of rotatable bonds is 2. The van der Waals surface area contributed by atoms with Crippen LogP contribution in [0.15, 0.2) is 30.3 Å². The zero-order valence-corrected chi connectivity index (χ0v) is 9.38. The second-order valence-corrected chi connectivity index (χ2v) is 3.82. The normalized spacial score (nSPS) is 12.7. The van der Waals surface area contributed by atoms with Crippen molar-refractivity contribution in [1.29, 1.82) is 0 Å². The van der Waals surface area contributed by atoms with E-state index in [0.29, 0.717) is 11.5 Å². The molecule has 0 bridgehead atoms. The summed E-state index contributed by atoms with van der Waals surface area (Å²) in [6, 6.07) is 9.64. The third-order valence-corrected chi connectivity index (χ3v) is 2.60. The van der Waals surface area contributed by atoms with Crippen LogP contribution in [0.2, 0.25) is 0 Å². The van der Waals surface area contributed by atoms with Crippen LogP contribution in [0, 0.1) is 6.92 Å². The monoisotopic (exact) mass is 217 g/mol. The Morgan fingerprint density at radius 3 is 2.44 bits per heavy atom. The molecule has 0 aliphatic carbocycles. The van der Waals surface area contributed by atoms with Crippen molar-refractivity contribution in [2.45, 2.75) is 20.0 Å². The van der Waals surface area contributed by atoms with Crippen molar-refractivity contribution in [2.24, 2.45) is 0 Å². The molecule has 0 aliphatic heterocycles. The van der Waals surface area contributed by atoms with Gasteiger partial charge in [-0.3, -0.25) is 0 Å². The van der Waals surface area contributed by atoms with E-state index in [4.69, 9.17) is 5.73 Å². The number of para-hydroxylation sites is 1. The number of nitrogens with two attached hydrogens (primary N) is 1. The molecule has 4 nitrogen and oxygen atoms in total. The first-order valence-electron chi connectivity index (χ1n) is 5.19.